The number of fused-ring (bicyclic) bond motifs is 9. The van der Waals surface area contributed by atoms with Crippen molar-refractivity contribution in [1.29, 1.82) is 0 Å². The Morgan fingerprint density at radius 3 is 2.13 bits per heavy atom. The third-order valence-electron chi connectivity index (χ3n) is 17.1. The highest BCUT2D eigenvalue weighted by Gasteiger charge is 2.54. The fourth-order valence-corrected chi connectivity index (χ4v) is 17.1. The molecule has 9 aromatic rings. The van der Waals surface area contributed by atoms with Crippen molar-refractivity contribution in [2.24, 2.45) is 0 Å². The molecule has 11 atom stereocenters. The molecule has 4 aromatic carbocycles. The van der Waals surface area contributed by atoms with Gasteiger partial charge in [0.15, 0.2) is 54.2 Å². The van der Waals surface area contributed by atoms with Gasteiger partial charge in [0.1, 0.15) is 71.9 Å². The Morgan fingerprint density at radius 1 is 0.772 bits per heavy atom. The normalized spacial score (nSPS) is 23.4. The number of carbonyl (C=O) groups is 3. The van der Waals surface area contributed by atoms with Gasteiger partial charge in [-0.2, -0.15) is 0 Å². The zero-order valence-corrected chi connectivity index (χ0v) is 58.6. The van der Waals surface area contributed by atoms with E-state index in [2.05, 4.69) is 45.5 Å². The first-order valence-electron chi connectivity index (χ1n) is 32.4. The predicted molar refractivity (Wildman–Crippen MR) is 370 cm³/mol. The SMILES string of the molecule is CP(O)(=S)OCCCCCCNC(=O)CCCCC(=O)N1Cc2ccccc2-c2c(nnn2CCOc2ccc(C(=O)Oc3ccc(CS[P@@]4(=O)OC[C@H]5O[C@@H](n6cnc7c(N)ncnc76)[C@H](F)[C@@H]5O[PH](=O)OC[C@H]5O[C@@H](n6cnc7c(N)ncnc76)[C@H](F)[C@@H]5O4)cc3)cc2)-c2ccccc21. The van der Waals surface area contributed by atoms with Crippen molar-refractivity contribution in [3.05, 3.63) is 139 Å². The molecule has 30 nitrogen and oxygen atoms in total. The number of carbonyl (C=O) groups excluding carboxylic acids is 3. The third-order valence-corrected chi connectivity index (χ3v) is 22.6. The average molecular weight is 1480 g/mol. The molecule has 9 heterocycles. The van der Waals surface area contributed by atoms with E-state index < -0.39 is 89.9 Å². The summed E-state index contributed by atoms with van der Waals surface area (Å²) in [6, 6.07) is 28.1. The van der Waals surface area contributed by atoms with E-state index in [1.807, 2.05) is 48.5 Å². The molecule has 0 spiro atoms. The quantitative estimate of drug-likeness (QED) is 0.0189. The molecule has 4 aliphatic rings. The highest BCUT2D eigenvalue weighted by Crippen LogP contribution is 2.65. The number of benzene rings is 4. The van der Waals surface area contributed by atoms with Gasteiger partial charge in [-0.05, 0) is 102 Å². The van der Waals surface area contributed by atoms with Gasteiger partial charge in [-0.1, -0.05) is 72.7 Å². The second kappa shape index (κ2) is 31.7. The van der Waals surface area contributed by atoms with E-state index in [0.717, 1.165) is 60.7 Å². The summed E-state index contributed by atoms with van der Waals surface area (Å²) in [6.45, 7) is -5.27. The molecule has 3 fully saturated rings. The molecule has 0 radical (unpaired) electrons. The van der Waals surface area contributed by atoms with Crippen molar-refractivity contribution in [3.8, 4) is 34.0 Å². The molecule has 13 rings (SSSR count). The first-order valence-corrected chi connectivity index (χ1v) is 39.9. The van der Waals surface area contributed by atoms with Crippen LogP contribution in [0.2, 0.25) is 0 Å². The lowest BCUT2D eigenvalue weighted by atomic mass is 9.95. The fourth-order valence-electron chi connectivity index (χ4n) is 12.1. The number of aromatic nitrogens is 11. The maximum Gasteiger partial charge on any atom is 0.389 e. The van der Waals surface area contributed by atoms with Crippen LogP contribution in [0.25, 0.3) is 44.8 Å². The van der Waals surface area contributed by atoms with E-state index in [-0.39, 0.29) is 75.9 Å². The average Bonchev–Trinajstić information content (AvgIpc) is 1.70. The molecule has 3 saturated heterocycles. The van der Waals surface area contributed by atoms with Gasteiger partial charge in [0, 0.05) is 42.9 Å². The van der Waals surface area contributed by atoms with Gasteiger partial charge in [-0.3, -0.25) is 32.3 Å². The number of nitrogen functional groups attached to an aromatic ring is 2. The second-order valence-electron chi connectivity index (χ2n) is 24.1. The summed E-state index contributed by atoms with van der Waals surface area (Å²) >= 11 is 5.58. The van der Waals surface area contributed by atoms with Crippen molar-refractivity contribution in [3.63, 3.8) is 0 Å². The van der Waals surface area contributed by atoms with Crippen LogP contribution in [0.3, 0.4) is 0 Å². The van der Waals surface area contributed by atoms with Gasteiger partial charge in [0.2, 0.25) is 11.8 Å². The van der Waals surface area contributed by atoms with E-state index in [0.29, 0.717) is 79.6 Å². The lowest BCUT2D eigenvalue weighted by Crippen LogP contribution is -2.36. The van der Waals surface area contributed by atoms with Crippen LogP contribution >= 0.6 is 32.9 Å². The van der Waals surface area contributed by atoms with Gasteiger partial charge in [-0.15, -0.1) is 5.10 Å². The summed E-state index contributed by atoms with van der Waals surface area (Å²) in [6.07, 6.45) is -3.42. The highest BCUT2D eigenvalue weighted by atomic mass is 32.7. The number of alkyl halides is 2. The number of esters is 1. The first kappa shape index (κ1) is 71.3. The topological polar surface area (TPSA) is 374 Å². The summed E-state index contributed by atoms with van der Waals surface area (Å²) in [5.41, 5.74) is 17.9. The van der Waals surface area contributed by atoms with E-state index in [9.17, 15) is 23.8 Å². The third kappa shape index (κ3) is 16.6. The molecule has 2 unspecified atom stereocenters. The molecular formula is C64H70F2N15O15P3S2. The molecule has 2 amide bonds. The largest absolute Gasteiger partial charge is 0.492 e. The lowest BCUT2D eigenvalue weighted by molar-refractivity contribution is -0.122. The number of hydrogen-bond donors (Lipinski definition) is 4. The van der Waals surface area contributed by atoms with E-state index >= 15 is 13.3 Å². The molecular weight excluding hydrogens is 1410 g/mol. The Kier molecular flexibility index (Phi) is 22.4. The monoisotopic (exact) mass is 1480 g/mol. The molecule has 6 N–H and O–H groups in total. The van der Waals surface area contributed by atoms with Crippen LogP contribution in [0.15, 0.2) is 122 Å². The second-order valence-corrected chi connectivity index (χ2v) is 33.0. The Hall–Kier alpha value is -8.07. The number of nitrogens with one attached hydrogen (secondary N) is 1. The number of nitrogens with zero attached hydrogens (tertiary/aromatic N) is 12. The molecule has 0 aliphatic carbocycles. The van der Waals surface area contributed by atoms with Crippen LogP contribution in [0.1, 0.15) is 85.3 Å². The first-order chi connectivity index (χ1) is 48.8. The summed E-state index contributed by atoms with van der Waals surface area (Å²) in [5, 5.41) is 12.2. The predicted octanol–water partition coefficient (Wildman–Crippen LogP) is 9.81. The molecule has 0 bridgehead atoms. The zero-order valence-electron chi connectivity index (χ0n) is 54.1. The van der Waals surface area contributed by atoms with Gasteiger partial charge < -0.3 is 59.1 Å². The molecule has 37 heteroatoms. The van der Waals surface area contributed by atoms with Crippen LogP contribution in [0.4, 0.5) is 26.1 Å². The Bertz CT molecular complexity index is 4600. The van der Waals surface area contributed by atoms with Gasteiger partial charge in [0.05, 0.1) is 62.5 Å². The highest BCUT2D eigenvalue weighted by molar-refractivity contribution is 8.54. The number of ether oxygens (including phenoxy) is 4. The van der Waals surface area contributed by atoms with Crippen molar-refractivity contribution < 1.29 is 78.8 Å². The minimum absolute atomic E-state index is 0.0199. The number of rotatable bonds is 24. The van der Waals surface area contributed by atoms with Crippen molar-refractivity contribution in [1.82, 2.24) is 59.3 Å². The summed E-state index contributed by atoms with van der Waals surface area (Å²) in [5.74, 6) is -0.193. The standard InChI is InChI=1S/C64H70F2N15O15P3S2/c1-98(86,100)90-28-11-3-2-10-26-69-48(82)16-8-9-17-49(83)78-30-40-12-4-5-13-43(40)55-52(44-14-6-7-15-45(44)78)76-77-81(55)27-29-88-41-24-20-39(21-25-41)64(84)92-42-22-18-38(19-23-42)33-101-99(87)91-32-47-56(50(65)62(94-47)79-36-74-53-58(67)70-34-72-60(53)79)95-97(85)89-31-46-57(96-99)51(66)63(93-46)80-37-75-54-59(68)71-35-73-61(54)80/h4-7,12-15,18-25,34-37,46-47,50-51,56-57,62-63,97H,2-3,8-11,16-17,26-33H2,1H3,(H,69,82)(H,86,100)(H2,67,70,72)(H2,68,71,73)/t46-,47-,50-,51-,56-,57-,62-,63-,98?,99+/m1/s1. The smallest absolute Gasteiger partial charge is 0.389 e. The summed E-state index contributed by atoms with van der Waals surface area (Å²) in [4.78, 5) is 76.4. The van der Waals surface area contributed by atoms with E-state index in [1.165, 1.54) is 40.6 Å². The van der Waals surface area contributed by atoms with E-state index in [1.54, 1.807) is 46.0 Å². The Balaban J connectivity index is 0.624. The number of hydrogen-bond acceptors (Lipinski definition) is 26. The minimum atomic E-state index is -4.59. The number of imidazole rings is 2. The Labute approximate surface area is 585 Å². The van der Waals surface area contributed by atoms with Gasteiger partial charge in [0.25, 0.3) is 0 Å². The molecule has 4 aliphatic heterocycles. The molecule has 532 valence electrons. The minimum Gasteiger partial charge on any atom is -0.492 e. The van der Waals surface area contributed by atoms with Gasteiger partial charge >= 0.3 is 21.0 Å². The molecule has 101 heavy (non-hydrogen) atoms. The van der Waals surface area contributed by atoms with Crippen molar-refractivity contribution in [2.75, 3.05) is 56.0 Å². The summed E-state index contributed by atoms with van der Waals surface area (Å²) in [7, 11) is -3.59. The van der Waals surface area contributed by atoms with Crippen LogP contribution in [-0.2, 0) is 81.5 Å². The van der Waals surface area contributed by atoms with Crippen LogP contribution in [0, 0.1) is 0 Å². The number of unbranched alkanes of at least 4 members (excludes halogenated alkanes) is 4. The van der Waals surface area contributed by atoms with Crippen LogP contribution < -0.4 is 31.2 Å². The number of para-hydroxylation sites is 1. The van der Waals surface area contributed by atoms with Crippen LogP contribution in [0.5, 0.6) is 11.5 Å². The summed E-state index contributed by atoms with van der Waals surface area (Å²) < 4.78 is 120. The lowest BCUT2D eigenvalue weighted by Gasteiger charge is -2.28. The Morgan fingerprint density at radius 2 is 1.42 bits per heavy atom. The number of nitrogens with two attached hydrogens (primary N) is 2. The van der Waals surface area contributed by atoms with Crippen molar-refractivity contribution >= 4 is 102 Å². The molecule has 0 saturated carbocycles. The number of amides is 2. The van der Waals surface area contributed by atoms with E-state index in [4.69, 9.17) is 64.8 Å². The van der Waals surface area contributed by atoms with Crippen molar-refractivity contribution in [2.45, 2.75) is 119 Å². The fraction of sp³-hybridized carbons (Fsp3) is 0.391. The number of anilines is 3. The molecule has 5 aromatic heterocycles. The van der Waals surface area contributed by atoms with Crippen LogP contribution in [-0.4, -0.2) is 153 Å². The maximum absolute atomic E-state index is 17.0. The zero-order chi connectivity index (χ0) is 70.4. The number of halogens is 2. The van der Waals surface area contributed by atoms with Gasteiger partial charge in [-0.25, -0.2) is 52.7 Å². The maximum atomic E-state index is 17.0.